The molecule has 0 radical (unpaired) electrons. The van der Waals surface area contributed by atoms with Crippen LogP contribution in [0.3, 0.4) is 0 Å². The van der Waals surface area contributed by atoms with Crippen LogP contribution in [-0.2, 0) is 12.8 Å². The Hall–Kier alpha value is -1.97. The third-order valence-electron chi connectivity index (χ3n) is 6.78. The highest BCUT2D eigenvalue weighted by Gasteiger charge is 2.36. The standard InChI is InChI=1S/C25H28N2S/c1-15-10-21(16(2)9-17(15)7-8-26)12-22-14-28-25(27-22)20-5-6-23-18-3-4-19(11-18)24(23)13-20/h5-6,9-10,13-14,18-19H,3-4,7-8,11-12,26H2,1-2H3. The van der Waals surface area contributed by atoms with Gasteiger partial charge in [0.05, 0.1) is 5.69 Å². The molecule has 2 bridgehead atoms. The van der Waals surface area contributed by atoms with Crippen LogP contribution in [0.15, 0.2) is 35.7 Å². The lowest BCUT2D eigenvalue weighted by Gasteiger charge is -2.15. The third-order valence-corrected chi connectivity index (χ3v) is 7.72. The molecule has 0 amide bonds. The number of hydrogen-bond acceptors (Lipinski definition) is 3. The summed E-state index contributed by atoms with van der Waals surface area (Å²) in [4.78, 5) is 4.99. The number of thiazole rings is 1. The zero-order chi connectivity index (χ0) is 19.3. The zero-order valence-electron chi connectivity index (χ0n) is 16.8. The lowest BCUT2D eigenvalue weighted by Crippen LogP contribution is -2.05. The maximum atomic E-state index is 5.74. The average Bonchev–Trinajstić information content (AvgIpc) is 3.42. The van der Waals surface area contributed by atoms with E-state index in [0.717, 1.165) is 29.7 Å². The zero-order valence-corrected chi connectivity index (χ0v) is 17.6. The van der Waals surface area contributed by atoms with Crippen molar-refractivity contribution in [1.29, 1.82) is 0 Å². The molecule has 2 aliphatic carbocycles. The normalized spacial score (nSPS) is 20.0. The predicted molar refractivity (Wildman–Crippen MR) is 118 cm³/mol. The highest BCUT2D eigenvalue weighted by Crippen LogP contribution is 2.53. The van der Waals surface area contributed by atoms with Crippen molar-refractivity contribution in [1.82, 2.24) is 4.98 Å². The van der Waals surface area contributed by atoms with Crippen molar-refractivity contribution in [2.45, 2.75) is 57.8 Å². The molecule has 144 valence electrons. The summed E-state index contributed by atoms with van der Waals surface area (Å²) in [6.07, 6.45) is 6.00. The first kappa shape index (κ1) is 18.1. The van der Waals surface area contributed by atoms with E-state index in [-0.39, 0.29) is 0 Å². The second kappa shape index (κ2) is 7.13. The minimum atomic E-state index is 0.706. The molecule has 2 N–H and O–H groups in total. The van der Waals surface area contributed by atoms with E-state index in [4.69, 9.17) is 10.7 Å². The molecule has 1 aromatic heterocycles. The number of hydrogen-bond donors (Lipinski definition) is 1. The fourth-order valence-corrected chi connectivity index (χ4v) is 6.06. The lowest BCUT2D eigenvalue weighted by molar-refractivity contribution is 0.718. The molecule has 2 aromatic carbocycles. The van der Waals surface area contributed by atoms with Crippen LogP contribution in [-0.4, -0.2) is 11.5 Å². The Labute approximate surface area is 171 Å². The van der Waals surface area contributed by atoms with Gasteiger partial charge in [0.25, 0.3) is 0 Å². The number of rotatable bonds is 5. The summed E-state index contributed by atoms with van der Waals surface area (Å²) in [7, 11) is 0. The summed E-state index contributed by atoms with van der Waals surface area (Å²) in [6.45, 7) is 5.10. The Balaban J connectivity index is 1.39. The van der Waals surface area contributed by atoms with Crippen LogP contribution in [0.1, 0.15) is 70.2 Å². The first-order chi connectivity index (χ1) is 13.6. The number of nitrogens with zero attached hydrogens (tertiary/aromatic N) is 1. The van der Waals surface area contributed by atoms with Gasteiger partial charge < -0.3 is 5.73 Å². The number of fused-ring (bicyclic) bond motifs is 5. The van der Waals surface area contributed by atoms with Gasteiger partial charge in [0.1, 0.15) is 5.01 Å². The third kappa shape index (κ3) is 3.11. The number of aromatic nitrogens is 1. The monoisotopic (exact) mass is 388 g/mol. The van der Waals surface area contributed by atoms with E-state index < -0.39 is 0 Å². The highest BCUT2D eigenvalue weighted by atomic mass is 32.1. The van der Waals surface area contributed by atoms with Gasteiger partial charge in [0.15, 0.2) is 0 Å². The van der Waals surface area contributed by atoms with Crippen molar-refractivity contribution in [3.05, 3.63) is 74.8 Å². The van der Waals surface area contributed by atoms with Crippen molar-refractivity contribution < 1.29 is 0 Å². The van der Waals surface area contributed by atoms with Crippen molar-refractivity contribution in [2.24, 2.45) is 5.73 Å². The van der Waals surface area contributed by atoms with Gasteiger partial charge in [-0.2, -0.15) is 0 Å². The van der Waals surface area contributed by atoms with Crippen LogP contribution in [0.25, 0.3) is 10.6 Å². The van der Waals surface area contributed by atoms with Crippen molar-refractivity contribution in [2.75, 3.05) is 6.54 Å². The maximum Gasteiger partial charge on any atom is 0.123 e. The average molecular weight is 389 g/mol. The van der Waals surface area contributed by atoms with E-state index in [2.05, 4.69) is 49.6 Å². The molecule has 3 aromatic rings. The summed E-state index contributed by atoms with van der Waals surface area (Å²) in [5.74, 6) is 1.63. The molecule has 2 atom stereocenters. The first-order valence-electron chi connectivity index (χ1n) is 10.5. The van der Waals surface area contributed by atoms with E-state index in [0.29, 0.717) is 6.54 Å². The van der Waals surface area contributed by atoms with Crippen LogP contribution >= 0.6 is 11.3 Å². The van der Waals surface area contributed by atoms with Crippen molar-refractivity contribution in [3.8, 4) is 10.6 Å². The Morgan fingerprint density at radius 1 is 1.00 bits per heavy atom. The first-order valence-corrected chi connectivity index (χ1v) is 11.4. The van der Waals surface area contributed by atoms with E-state index in [1.54, 1.807) is 22.5 Å². The van der Waals surface area contributed by atoms with E-state index in [1.165, 1.54) is 52.8 Å². The minimum Gasteiger partial charge on any atom is -0.330 e. The van der Waals surface area contributed by atoms with Gasteiger partial charge in [-0.1, -0.05) is 24.3 Å². The Kier molecular flexibility index (Phi) is 4.60. The molecule has 3 heteroatoms. The molecule has 0 saturated heterocycles. The molecule has 0 spiro atoms. The lowest BCUT2D eigenvalue weighted by atomic mass is 9.90. The molecule has 28 heavy (non-hydrogen) atoms. The van der Waals surface area contributed by atoms with Gasteiger partial charge >= 0.3 is 0 Å². The molecule has 1 saturated carbocycles. The molecule has 2 aliphatic rings. The SMILES string of the molecule is Cc1cc(Cc2csc(-c3ccc4c(c3)C3CCC4C3)n2)c(C)cc1CCN. The van der Waals surface area contributed by atoms with Gasteiger partial charge in [-0.15, -0.1) is 11.3 Å². The van der Waals surface area contributed by atoms with Crippen molar-refractivity contribution >= 4 is 11.3 Å². The van der Waals surface area contributed by atoms with Crippen LogP contribution in [0.2, 0.25) is 0 Å². The molecule has 5 rings (SSSR count). The van der Waals surface area contributed by atoms with Gasteiger partial charge in [-0.3, -0.25) is 0 Å². The molecule has 1 heterocycles. The van der Waals surface area contributed by atoms with Gasteiger partial charge in [-0.05, 0) is 97.4 Å². The minimum absolute atomic E-state index is 0.706. The Morgan fingerprint density at radius 3 is 2.57 bits per heavy atom. The predicted octanol–water partition coefficient (Wildman–Crippen LogP) is 5.88. The number of benzene rings is 2. The Morgan fingerprint density at radius 2 is 1.75 bits per heavy atom. The second-order valence-corrected chi connectivity index (χ2v) is 9.47. The van der Waals surface area contributed by atoms with Gasteiger partial charge in [0, 0.05) is 17.4 Å². The summed E-state index contributed by atoms with van der Waals surface area (Å²) in [5.41, 5.74) is 16.9. The molecular weight excluding hydrogens is 360 g/mol. The fraction of sp³-hybridized carbons (Fsp3) is 0.400. The molecule has 2 nitrogen and oxygen atoms in total. The number of aryl methyl sites for hydroxylation is 2. The van der Waals surface area contributed by atoms with Gasteiger partial charge in [-0.25, -0.2) is 4.98 Å². The van der Waals surface area contributed by atoms with Crippen molar-refractivity contribution in [3.63, 3.8) is 0 Å². The summed E-state index contributed by atoms with van der Waals surface area (Å²) in [5, 5.41) is 3.40. The topological polar surface area (TPSA) is 38.9 Å². The highest BCUT2D eigenvalue weighted by molar-refractivity contribution is 7.13. The molecular formula is C25H28N2S. The maximum absolute atomic E-state index is 5.74. The van der Waals surface area contributed by atoms with Crippen LogP contribution < -0.4 is 5.73 Å². The largest absolute Gasteiger partial charge is 0.330 e. The van der Waals surface area contributed by atoms with E-state index in [1.807, 2.05) is 0 Å². The second-order valence-electron chi connectivity index (χ2n) is 8.62. The summed E-state index contributed by atoms with van der Waals surface area (Å²) >= 11 is 1.78. The molecule has 1 fully saturated rings. The van der Waals surface area contributed by atoms with E-state index in [9.17, 15) is 0 Å². The van der Waals surface area contributed by atoms with Crippen LogP contribution in [0.5, 0.6) is 0 Å². The van der Waals surface area contributed by atoms with Gasteiger partial charge in [0.2, 0.25) is 0 Å². The number of nitrogens with two attached hydrogens (primary N) is 1. The summed E-state index contributed by atoms with van der Waals surface area (Å²) < 4.78 is 0. The molecule has 0 aliphatic heterocycles. The smallest absolute Gasteiger partial charge is 0.123 e. The molecule has 2 unspecified atom stereocenters. The van der Waals surface area contributed by atoms with Crippen LogP contribution in [0, 0.1) is 13.8 Å². The quantitative estimate of drug-likeness (QED) is 0.592. The van der Waals surface area contributed by atoms with Crippen LogP contribution in [0.4, 0.5) is 0 Å². The summed E-state index contributed by atoms with van der Waals surface area (Å²) in [6, 6.07) is 11.7. The van der Waals surface area contributed by atoms with E-state index >= 15 is 0 Å². The Bertz CT molecular complexity index is 1030. The fourth-order valence-electron chi connectivity index (χ4n) is 5.25.